The average Bonchev–Trinajstić information content (AvgIpc) is 2.39. The zero-order valence-electron chi connectivity index (χ0n) is 15.0. The van der Waals surface area contributed by atoms with Crippen molar-refractivity contribution in [2.45, 2.75) is 105 Å². The van der Waals surface area contributed by atoms with Crippen LogP contribution in [0.3, 0.4) is 0 Å². The molecule has 0 nitrogen and oxygen atoms in total. The Morgan fingerprint density at radius 3 is 2.05 bits per heavy atom. The van der Waals surface area contributed by atoms with E-state index in [1.54, 1.807) is 0 Å². The van der Waals surface area contributed by atoms with Crippen LogP contribution in [0, 0.1) is 23.2 Å². The molecule has 1 rings (SSSR count). The molecule has 0 aromatic carbocycles. The first kappa shape index (κ1) is 18.1. The van der Waals surface area contributed by atoms with Crippen LogP contribution in [-0.2, 0) is 0 Å². The molecular formula is C20H40. The molecule has 0 bridgehead atoms. The Kier molecular flexibility index (Phi) is 8.22. The molecule has 1 fully saturated rings. The maximum absolute atomic E-state index is 2.53. The quantitative estimate of drug-likeness (QED) is 0.418. The normalized spacial score (nSPS) is 19.5. The highest BCUT2D eigenvalue weighted by Crippen LogP contribution is 2.41. The van der Waals surface area contributed by atoms with Crippen molar-refractivity contribution in [3.05, 3.63) is 0 Å². The van der Waals surface area contributed by atoms with Crippen molar-refractivity contribution in [3.63, 3.8) is 0 Å². The van der Waals surface area contributed by atoms with E-state index >= 15 is 0 Å². The van der Waals surface area contributed by atoms with Crippen LogP contribution in [0.15, 0.2) is 0 Å². The molecule has 1 saturated carbocycles. The summed E-state index contributed by atoms with van der Waals surface area (Å²) in [5.74, 6) is 2.83. The summed E-state index contributed by atoms with van der Waals surface area (Å²) in [6, 6.07) is 0. The van der Waals surface area contributed by atoms with Crippen LogP contribution in [0.5, 0.6) is 0 Å². The molecule has 20 heavy (non-hydrogen) atoms. The topological polar surface area (TPSA) is 0 Å². The molecule has 1 aliphatic carbocycles. The fraction of sp³-hybridized carbons (Fsp3) is 1.00. The molecule has 120 valence electrons. The minimum absolute atomic E-state index is 0.595. The average molecular weight is 281 g/mol. The van der Waals surface area contributed by atoms with Gasteiger partial charge in [-0.1, -0.05) is 86.0 Å². The van der Waals surface area contributed by atoms with Crippen LogP contribution in [0.4, 0.5) is 0 Å². The van der Waals surface area contributed by atoms with Gasteiger partial charge in [0.25, 0.3) is 0 Å². The molecule has 0 amide bonds. The largest absolute Gasteiger partial charge is 0.0628 e. The molecule has 0 saturated heterocycles. The third-order valence-corrected chi connectivity index (χ3v) is 5.71. The summed E-state index contributed by atoms with van der Waals surface area (Å²) in [6.07, 6.45) is 16.1. The van der Waals surface area contributed by atoms with E-state index in [9.17, 15) is 0 Å². The van der Waals surface area contributed by atoms with Crippen LogP contribution in [0.25, 0.3) is 0 Å². The van der Waals surface area contributed by atoms with Gasteiger partial charge in [-0.2, -0.15) is 0 Å². The van der Waals surface area contributed by atoms with Crippen LogP contribution in [0.2, 0.25) is 0 Å². The Hall–Kier alpha value is 0. The second kappa shape index (κ2) is 9.11. The van der Waals surface area contributed by atoms with Gasteiger partial charge in [0.05, 0.1) is 0 Å². The van der Waals surface area contributed by atoms with Crippen LogP contribution < -0.4 is 0 Å². The molecule has 1 atom stereocenters. The van der Waals surface area contributed by atoms with E-state index < -0.39 is 0 Å². The van der Waals surface area contributed by atoms with Crippen molar-refractivity contribution >= 4 is 0 Å². The maximum Gasteiger partial charge on any atom is -0.0326 e. The van der Waals surface area contributed by atoms with Gasteiger partial charge in [0.2, 0.25) is 0 Å². The summed E-state index contributed by atoms with van der Waals surface area (Å²) in [7, 11) is 0. The molecular weight excluding hydrogens is 240 g/mol. The smallest absolute Gasteiger partial charge is 0.0326 e. The fourth-order valence-electron chi connectivity index (χ4n) is 4.01. The zero-order valence-corrected chi connectivity index (χ0v) is 15.0. The zero-order chi connectivity index (χ0) is 15.0. The Morgan fingerprint density at radius 1 is 0.850 bits per heavy atom. The predicted octanol–water partition coefficient (Wildman–Crippen LogP) is 7.23. The van der Waals surface area contributed by atoms with Gasteiger partial charge < -0.3 is 0 Å². The third kappa shape index (κ3) is 7.14. The first-order valence-corrected chi connectivity index (χ1v) is 9.42. The van der Waals surface area contributed by atoms with Gasteiger partial charge >= 0.3 is 0 Å². The van der Waals surface area contributed by atoms with Gasteiger partial charge in [-0.05, 0) is 42.4 Å². The van der Waals surface area contributed by atoms with Gasteiger partial charge in [-0.3, -0.25) is 0 Å². The van der Waals surface area contributed by atoms with E-state index in [0.717, 1.165) is 17.8 Å². The second-order valence-corrected chi connectivity index (χ2v) is 8.65. The molecule has 1 aliphatic rings. The van der Waals surface area contributed by atoms with E-state index in [1.165, 1.54) is 70.6 Å². The Bertz CT molecular complexity index is 232. The van der Waals surface area contributed by atoms with E-state index in [-0.39, 0.29) is 0 Å². The summed E-state index contributed by atoms with van der Waals surface area (Å²) >= 11 is 0. The lowest BCUT2D eigenvalue weighted by Gasteiger charge is -2.37. The molecule has 0 heterocycles. The lowest BCUT2D eigenvalue weighted by molar-refractivity contribution is 0.140. The van der Waals surface area contributed by atoms with Crippen molar-refractivity contribution in [2.75, 3.05) is 0 Å². The molecule has 0 aromatic rings. The van der Waals surface area contributed by atoms with Crippen LogP contribution >= 0.6 is 0 Å². The van der Waals surface area contributed by atoms with E-state index in [4.69, 9.17) is 0 Å². The number of hydrogen-bond acceptors (Lipinski definition) is 0. The van der Waals surface area contributed by atoms with Gasteiger partial charge in [0, 0.05) is 0 Å². The Balaban J connectivity index is 2.14. The van der Waals surface area contributed by atoms with Crippen molar-refractivity contribution in [2.24, 2.45) is 23.2 Å². The summed E-state index contributed by atoms with van der Waals surface area (Å²) in [5, 5.41) is 0. The first-order chi connectivity index (χ1) is 9.42. The highest BCUT2D eigenvalue weighted by atomic mass is 14.3. The van der Waals surface area contributed by atoms with Crippen molar-refractivity contribution in [3.8, 4) is 0 Å². The molecule has 0 aromatic heterocycles. The Morgan fingerprint density at radius 2 is 1.45 bits per heavy atom. The lowest BCUT2D eigenvalue weighted by atomic mass is 9.68. The summed E-state index contributed by atoms with van der Waals surface area (Å²) in [4.78, 5) is 0. The van der Waals surface area contributed by atoms with E-state index in [0.29, 0.717) is 5.41 Å². The maximum atomic E-state index is 2.53. The fourth-order valence-corrected chi connectivity index (χ4v) is 4.01. The first-order valence-electron chi connectivity index (χ1n) is 9.42. The van der Waals surface area contributed by atoms with Crippen LogP contribution in [-0.4, -0.2) is 0 Å². The van der Waals surface area contributed by atoms with Crippen molar-refractivity contribution in [1.82, 2.24) is 0 Å². The molecule has 0 aliphatic heterocycles. The summed E-state index contributed by atoms with van der Waals surface area (Å²) in [6.45, 7) is 12.2. The predicted molar refractivity (Wildman–Crippen MR) is 92.1 cm³/mol. The number of rotatable bonds is 9. The van der Waals surface area contributed by atoms with E-state index in [1.807, 2.05) is 0 Å². The second-order valence-electron chi connectivity index (χ2n) is 8.65. The van der Waals surface area contributed by atoms with Crippen molar-refractivity contribution < 1.29 is 0 Å². The minimum Gasteiger partial charge on any atom is -0.0628 e. The minimum atomic E-state index is 0.595. The number of hydrogen-bond donors (Lipinski definition) is 0. The molecule has 0 radical (unpaired) electrons. The summed E-state index contributed by atoms with van der Waals surface area (Å²) < 4.78 is 0. The monoisotopic (exact) mass is 280 g/mol. The van der Waals surface area contributed by atoms with Crippen molar-refractivity contribution in [1.29, 1.82) is 0 Å². The third-order valence-electron chi connectivity index (χ3n) is 5.71. The van der Waals surface area contributed by atoms with Gasteiger partial charge in [0.1, 0.15) is 0 Å². The van der Waals surface area contributed by atoms with Gasteiger partial charge in [0.15, 0.2) is 0 Å². The Labute approximate surface area is 129 Å². The molecule has 0 spiro atoms. The lowest BCUT2D eigenvalue weighted by Crippen LogP contribution is -2.26. The highest BCUT2D eigenvalue weighted by Gasteiger charge is 2.29. The SMILES string of the molecule is CC(C)CCCC(C)CCCC(C)(C)C1CCCCC1. The molecule has 1 unspecified atom stereocenters. The molecule has 0 heteroatoms. The van der Waals surface area contributed by atoms with E-state index in [2.05, 4.69) is 34.6 Å². The molecule has 0 N–H and O–H groups in total. The van der Waals surface area contributed by atoms with Crippen LogP contribution in [0.1, 0.15) is 105 Å². The van der Waals surface area contributed by atoms with Gasteiger partial charge in [-0.25, -0.2) is 0 Å². The highest BCUT2D eigenvalue weighted by molar-refractivity contribution is 4.81. The van der Waals surface area contributed by atoms with Gasteiger partial charge in [-0.15, -0.1) is 0 Å². The standard InChI is InChI=1S/C20H40/c1-17(2)11-9-12-18(3)13-10-16-20(4,5)19-14-7-6-8-15-19/h17-19H,6-16H2,1-5H3. The summed E-state index contributed by atoms with van der Waals surface area (Å²) in [5.41, 5.74) is 0.595.